The number of anilines is 1. The summed E-state index contributed by atoms with van der Waals surface area (Å²) in [7, 11) is -2.18. The molecule has 2 heterocycles. The number of fused-ring (bicyclic) bond motifs is 3. The zero-order valence-electron chi connectivity index (χ0n) is 14.8. The number of rotatable bonds is 4. The van der Waals surface area contributed by atoms with Crippen LogP contribution in [0, 0.1) is 5.92 Å². The summed E-state index contributed by atoms with van der Waals surface area (Å²) >= 11 is 0. The molecule has 1 atom stereocenters. The van der Waals surface area contributed by atoms with E-state index in [9.17, 15) is 8.42 Å². The standard InChI is InChI=1S/C20H19N3O3S/c1-26-14-8-10-15(11-9-14)27(24,25)23-18-5-3-2-4-16(18)19-17(12-21-22-19)20(23)13-6-7-13/h2-5,8-13,20H,6-7H2,1H3,(H,21,22). The van der Waals surface area contributed by atoms with Crippen molar-refractivity contribution in [1.82, 2.24) is 10.2 Å². The molecule has 1 aromatic heterocycles. The maximum Gasteiger partial charge on any atom is 0.264 e. The number of methoxy groups -OCH3 is 1. The first-order chi connectivity index (χ1) is 13.1. The van der Waals surface area contributed by atoms with Gasteiger partial charge in [0.25, 0.3) is 10.0 Å². The molecule has 27 heavy (non-hydrogen) atoms. The van der Waals surface area contributed by atoms with E-state index in [-0.39, 0.29) is 10.9 Å². The Bertz CT molecular complexity index is 1100. The average Bonchev–Trinajstić information content (AvgIpc) is 3.42. The first-order valence-corrected chi connectivity index (χ1v) is 10.4. The average molecular weight is 381 g/mol. The topological polar surface area (TPSA) is 75.3 Å². The van der Waals surface area contributed by atoms with Crippen molar-refractivity contribution in [3.63, 3.8) is 0 Å². The van der Waals surface area contributed by atoms with Gasteiger partial charge in [-0.05, 0) is 49.1 Å². The van der Waals surface area contributed by atoms with Crippen LogP contribution < -0.4 is 9.04 Å². The van der Waals surface area contributed by atoms with Crippen LogP contribution in [-0.2, 0) is 10.0 Å². The Morgan fingerprint density at radius 2 is 1.85 bits per heavy atom. The third-order valence-corrected chi connectivity index (χ3v) is 7.15. The summed E-state index contributed by atoms with van der Waals surface area (Å²) in [4.78, 5) is 0.260. The molecule has 7 heteroatoms. The van der Waals surface area contributed by atoms with Crippen LogP contribution in [-0.4, -0.2) is 25.7 Å². The molecule has 138 valence electrons. The summed E-state index contributed by atoms with van der Waals surface area (Å²) in [5, 5.41) is 7.28. The molecular formula is C20H19N3O3S. The molecule has 5 rings (SSSR count). The summed E-state index contributed by atoms with van der Waals surface area (Å²) in [6.45, 7) is 0. The predicted octanol–water partition coefficient (Wildman–Crippen LogP) is 3.75. The number of benzene rings is 2. The Labute approximate surface area is 157 Å². The minimum absolute atomic E-state index is 0.235. The number of para-hydroxylation sites is 1. The lowest BCUT2D eigenvalue weighted by molar-refractivity contribution is 0.414. The lowest BCUT2D eigenvalue weighted by Gasteiger charge is -2.37. The van der Waals surface area contributed by atoms with Gasteiger partial charge in [0.1, 0.15) is 5.75 Å². The zero-order valence-corrected chi connectivity index (χ0v) is 15.6. The van der Waals surface area contributed by atoms with Crippen LogP contribution >= 0.6 is 0 Å². The Kier molecular flexibility index (Phi) is 3.55. The van der Waals surface area contributed by atoms with E-state index in [1.54, 1.807) is 41.9 Å². The number of ether oxygens (including phenoxy) is 1. The number of aromatic amines is 1. The first-order valence-electron chi connectivity index (χ1n) is 8.92. The summed E-state index contributed by atoms with van der Waals surface area (Å²) in [5.41, 5.74) is 3.43. The van der Waals surface area contributed by atoms with Crippen molar-refractivity contribution in [2.24, 2.45) is 5.92 Å². The minimum atomic E-state index is -3.74. The molecule has 1 unspecified atom stereocenters. The van der Waals surface area contributed by atoms with Crippen LogP contribution in [0.3, 0.4) is 0 Å². The van der Waals surface area contributed by atoms with E-state index in [4.69, 9.17) is 4.74 Å². The van der Waals surface area contributed by atoms with Crippen molar-refractivity contribution in [3.8, 4) is 17.0 Å². The molecule has 2 aliphatic rings. The van der Waals surface area contributed by atoms with Crippen LogP contribution in [0.4, 0.5) is 5.69 Å². The molecule has 0 bridgehead atoms. The smallest absolute Gasteiger partial charge is 0.264 e. The van der Waals surface area contributed by atoms with Crippen LogP contribution in [0.2, 0.25) is 0 Å². The number of aromatic nitrogens is 2. The van der Waals surface area contributed by atoms with E-state index in [1.807, 2.05) is 24.3 Å². The fourth-order valence-corrected chi connectivity index (χ4v) is 5.60. The van der Waals surface area contributed by atoms with E-state index in [0.717, 1.165) is 29.7 Å². The fraction of sp³-hybridized carbons (Fsp3) is 0.250. The fourth-order valence-electron chi connectivity index (χ4n) is 3.89. The van der Waals surface area contributed by atoms with Gasteiger partial charge in [0.05, 0.1) is 35.6 Å². The maximum absolute atomic E-state index is 13.7. The van der Waals surface area contributed by atoms with Gasteiger partial charge in [-0.15, -0.1) is 0 Å². The van der Waals surface area contributed by atoms with Crippen molar-refractivity contribution in [2.75, 3.05) is 11.4 Å². The van der Waals surface area contributed by atoms with Gasteiger partial charge < -0.3 is 4.74 Å². The summed E-state index contributed by atoms with van der Waals surface area (Å²) in [6, 6.07) is 13.9. The Balaban J connectivity index is 1.71. The van der Waals surface area contributed by atoms with Crippen LogP contribution in [0.25, 0.3) is 11.3 Å². The molecule has 3 aromatic rings. The van der Waals surface area contributed by atoms with Gasteiger partial charge in [0.15, 0.2) is 0 Å². The maximum atomic E-state index is 13.7. The largest absolute Gasteiger partial charge is 0.497 e. The second kappa shape index (κ2) is 5.85. The molecule has 1 saturated carbocycles. The number of hydrogen-bond donors (Lipinski definition) is 1. The van der Waals surface area contributed by atoms with E-state index in [2.05, 4.69) is 10.2 Å². The molecule has 6 nitrogen and oxygen atoms in total. The van der Waals surface area contributed by atoms with E-state index in [1.165, 1.54) is 0 Å². The number of sulfonamides is 1. The van der Waals surface area contributed by atoms with E-state index >= 15 is 0 Å². The summed E-state index contributed by atoms with van der Waals surface area (Å²) in [6.07, 6.45) is 3.81. The molecule has 0 saturated heterocycles. The van der Waals surface area contributed by atoms with Crippen LogP contribution in [0.5, 0.6) is 5.75 Å². The third-order valence-electron chi connectivity index (χ3n) is 5.34. The van der Waals surface area contributed by atoms with Crippen LogP contribution in [0.15, 0.2) is 59.6 Å². The molecule has 0 spiro atoms. The molecule has 0 amide bonds. The number of nitrogens with zero attached hydrogens (tertiary/aromatic N) is 2. The second-order valence-electron chi connectivity index (χ2n) is 6.98. The monoisotopic (exact) mass is 381 g/mol. The van der Waals surface area contributed by atoms with E-state index in [0.29, 0.717) is 17.4 Å². The Morgan fingerprint density at radius 3 is 2.56 bits per heavy atom. The third kappa shape index (κ3) is 2.45. The lowest BCUT2D eigenvalue weighted by Crippen LogP contribution is -2.38. The Morgan fingerprint density at radius 1 is 1.11 bits per heavy atom. The molecule has 1 N–H and O–H groups in total. The highest BCUT2D eigenvalue weighted by Gasteiger charge is 2.47. The molecule has 1 fully saturated rings. The quantitative estimate of drug-likeness (QED) is 0.747. The van der Waals surface area contributed by atoms with Gasteiger partial charge in [0.2, 0.25) is 0 Å². The zero-order chi connectivity index (χ0) is 18.6. The molecular weight excluding hydrogens is 362 g/mol. The number of H-pyrrole nitrogens is 1. The van der Waals surface area contributed by atoms with Gasteiger partial charge in [0, 0.05) is 11.1 Å². The highest BCUT2D eigenvalue weighted by Crippen LogP contribution is 2.54. The Hall–Kier alpha value is -2.80. The predicted molar refractivity (Wildman–Crippen MR) is 102 cm³/mol. The van der Waals surface area contributed by atoms with Crippen molar-refractivity contribution in [1.29, 1.82) is 0 Å². The number of nitrogens with one attached hydrogen (secondary N) is 1. The lowest BCUT2D eigenvalue weighted by atomic mass is 9.93. The molecule has 1 aliphatic carbocycles. The van der Waals surface area contributed by atoms with Gasteiger partial charge in [-0.3, -0.25) is 9.40 Å². The highest BCUT2D eigenvalue weighted by molar-refractivity contribution is 7.92. The van der Waals surface area contributed by atoms with Crippen molar-refractivity contribution < 1.29 is 13.2 Å². The normalized spacial score (nSPS) is 18.7. The van der Waals surface area contributed by atoms with Crippen molar-refractivity contribution in [2.45, 2.75) is 23.8 Å². The first kappa shape index (κ1) is 16.4. The molecule has 2 aromatic carbocycles. The van der Waals surface area contributed by atoms with Gasteiger partial charge in [-0.25, -0.2) is 8.42 Å². The second-order valence-corrected chi connectivity index (χ2v) is 8.79. The van der Waals surface area contributed by atoms with Crippen molar-refractivity contribution in [3.05, 3.63) is 60.3 Å². The SMILES string of the molecule is COc1ccc(S(=O)(=O)N2c3ccccc3-c3[nH]ncc3C2C2CC2)cc1. The van der Waals surface area contributed by atoms with Gasteiger partial charge >= 0.3 is 0 Å². The van der Waals surface area contributed by atoms with E-state index < -0.39 is 10.0 Å². The summed E-state index contributed by atoms with van der Waals surface area (Å²) < 4.78 is 34.1. The van der Waals surface area contributed by atoms with Crippen LogP contribution in [0.1, 0.15) is 24.4 Å². The van der Waals surface area contributed by atoms with Crippen molar-refractivity contribution >= 4 is 15.7 Å². The van der Waals surface area contributed by atoms with Gasteiger partial charge in [-0.1, -0.05) is 18.2 Å². The summed E-state index contributed by atoms with van der Waals surface area (Å²) in [5.74, 6) is 0.937. The molecule has 0 radical (unpaired) electrons. The highest BCUT2D eigenvalue weighted by atomic mass is 32.2. The molecule has 1 aliphatic heterocycles. The number of hydrogen-bond acceptors (Lipinski definition) is 4. The minimum Gasteiger partial charge on any atom is -0.497 e. The van der Waals surface area contributed by atoms with Gasteiger partial charge in [-0.2, -0.15) is 5.10 Å².